The van der Waals surface area contributed by atoms with Crippen LogP contribution in [0.5, 0.6) is 0 Å². The molecule has 17 heavy (non-hydrogen) atoms. The second-order valence-electron chi connectivity index (χ2n) is 5.03. The Hall–Kier alpha value is -0.290. The lowest BCUT2D eigenvalue weighted by atomic mass is 9.80. The fourth-order valence-corrected chi connectivity index (χ4v) is 2.10. The molecule has 2 nitrogen and oxygen atoms in total. The number of hydrogen-bond donors (Lipinski definition) is 1. The van der Waals surface area contributed by atoms with Crippen LogP contribution in [-0.2, 0) is 4.74 Å². The zero-order valence-corrected chi connectivity index (χ0v) is 10.6. The topological polar surface area (TPSA) is 21.3 Å². The molecule has 0 radical (unpaired) electrons. The molecule has 0 aromatic heterocycles. The van der Waals surface area contributed by atoms with Crippen molar-refractivity contribution in [3.05, 3.63) is 0 Å². The minimum Gasteiger partial charge on any atom is -0.377 e. The number of alkyl halides is 3. The number of halogens is 3. The third kappa shape index (κ3) is 5.25. The fourth-order valence-electron chi connectivity index (χ4n) is 2.10. The molecule has 1 rings (SSSR count). The molecule has 0 bridgehead atoms. The van der Waals surface area contributed by atoms with Crippen LogP contribution in [0.1, 0.15) is 45.4 Å². The minimum absolute atomic E-state index is 0.0573. The molecule has 1 atom stereocenters. The van der Waals surface area contributed by atoms with Gasteiger partial charge in [-0.3, -0.25) is 0 Å². The summed E-state index contributed by atoms with van der Waals surface area (Å²) in [6, 6.07) is 0.116. The summed E-state index contributed by atoms with van der Waals surface area (Å²) in [4.78, 5) is 0. The van der Waals surface area contributed by atoms with Crippen LogP contribution in [-0.4, -0.2) is 31.5 Å². The van der Waals surface area contributed by atoms with Crippen LogP contribution >= 0.6 is 0 Å². The highest BCUT2D eigenvalue weighted by Crippen LogP contribution is 2.34. The van der Waals surface area contributed by atoms with E-state index in [0.29, 0.717) is 6.42 Å². The molecule has 0 amide bonds. The van der Waals surface area contributed by atoms with Crippen molar-refractivity contribution in [1.29, 1.82) is 0 Å². The van der Waals surface area contributed by atoms with Gasteiger partial charge in [0.05, 0.1) is 5.60 Å². The van der Waals surface area contributed by atoms with Crippen molar-refractivity contribution in [1.82, 2.24) is 5.32 Å². The Morgan fingerprint density at radius 1 is 1.35 bits per heavy atom. The Morgan fingerprint density at radius 2 is 2.00 bits per heavy atom. The number of hydrogen-bond acceptors (Lipinski definition) is 2. The van der Waals surface area contributed by atoms with Crippen LogP contribution in [0.15, 0.2) is 0 Å². The average molecular weight is 253 g/mol. The average Bonchev–Trinajstić information content (AvgIpc) is 2.14. The third-order valence-corrected chi connectivity index (χ3v) is 3.57. The van der Waals surface area contributed by atoms with Gasteiger partial charge in [-0.1, -0.05) is 0 Å². The monoisotopic (exact) mass is 253 g/mol. The molecule has 1 fully saturated rings. The van der Waals surface area contributed by atoms with Gasteiger partial charge in [-0.05, 0) is 39.0 Å². The van der Waals surface area contributed by atoms with Crippen LogP contribution in [0.2, 0.25) is 0 Å². The maximum Gasteiger partial charge on any atom is 0.389 e. The molecule has 1 aliphatic carbocycles. The first-order valence-corrected chi connectivity index (χ1v) is 6.22. The lowest BCUT2D eigenvalue weighted by Gasteiger charge is -2.41. The summed E-state index contributed by atoms with van der Waals surface area (Å²) < 4.78 is 41.3. The van der Waals surface area contributed by atoms with E-state index >= 15 is 0 Å². The molecule has 0 aromatic rings. The molecule has 0 aromatic carbocycles. The molecular formula is C12H22F3NO. The minimum atomic E-state index is -4.03. The van der Waals surface area contributed by atoms with Crippen molar-refractivity contribution in [3.8, 4) is 0 Å². The second-order valence-corrected chi connectivity index (χ2v) is 5.03. The van der Waals surface area contributed by atoms with E-state index in [1.165, 1.54) is 6.42 Å². The molecular weight excluding hydrogens is 231 g/mol. The standard InChI is InChI=1S/C12H22F3NO/c1-10(5-3-8-12(13,14)15)16-9-11(17-2)6-4-7-11/h10,16H,3-9H2,1-2H3. The predicted molar refractivity (Wildman–Crippen MR) is 61.0 cm³/mol. The van der Waals surface area contributed by atoms with Crippen LogP contribution in [0, 0.1) is 0 Å². The second kappa shape index (κ2) is 6.05. The van der Waals surface area contributed by atoms with E-state index in [-0.39, 0.29) is 18.1 Å². The smallest absolute Gasteiger partial charge is 0.377 e. The van der Waals surface area contributed by atoms with E-state index in [1.807, 2.05) is 6.92 Å². The van der Waals surface area contributed by atoms with Gasteiger partial charge in [0.25, 0.3) is 0 Å². The van der Waals surface area contributed by atoms with E-state index in [9.17, 15) is 13.2 Å². The van der Waals surface area contributed by atoms with Crippen molar-refractivity contribution in [2.24, 2.45) is 0 Å². The van der Waals surface area contributed by atoms with Crippen molar-refractivity contribution in [2.75, 3.05) is 13.7 Å². The quantitative estimate of drug-likeness (QED) is 0.752. The molecule has 5 heteroatoms. The van der Waals surface area contributed by atoms with E-state index in [2.05, 4.69) is 5.32 Å². The summed E-state index contributed by atoms with van der Waals surface area (Å²) in [5.74, 6) is 0. The highest BCUT2D eigenvalue weighted by Gasteiger charge is 2.36. The molecule has 0 heterocycles. The molecule has 0 aliphatic heterocycles. The Balaban J connectivity index is 2.11. The van der Waals surface area contributed by atoms with E-state index in [0.717, 1.165) is 19.4 Å². The van der Waals surface area contributed by atoms with Gasteiger partial charge >= 0.3 is 6.18 Å². The lowest BCUT2D eigenvalue weighted by molar-refractivity contribution is -0.135. The Morgan fingerprint density at radius 3 is 2.41 bits per heavy atom. The van der Waals surface area contributed by atoms with Crippen molar-refractivity contribution in [2.45, 2.75) is 63.3 Å². The van der Waals surface area contributed by atoms with Gasteiger partial charge < -0.3 is 10.1 Å². The number of rotatable bonds is 7. The van der Waals surface area contributed by atoms with Gasteiger partial charge in [-0.25, -0.2) is 0 Å². The zero-order valence-electron chi connectivity index (χ0n) is 10.6. The van der Waals surface area contributed by atoms with E-state index in [1.54, 1.807) is 7.11 Å². The lowest BCUT2D eigenvalue weighted by Crippen LogP contribution is -2.49. The number of ether oxygens (including phenoxy) is 1. The first kappa shape index (κ1) is 14.8. The van der Waals surface area contributed by atoms with Crippen LogP contribution in [0.4, 0.5) is 13.2 Å². The Labute approximate surface area is 101 Å². The van der Waals surface area contributed by atoms with Crippen molar-refractivity contribution < 1.29 is 17.9 Å². The third-order valence-electron chi connectivity index (χ3n) is 3.57. The maximum absolute atomic E-state index is 12.0. The fraction of sp³-hybridized carbons (Fsp3) is 1.00. The van der Waals surface area contributed by atoms with E-state index < -0.39 is 12.6 Å². The van der Waals surface area contributed by atoms with Gasteiger partial charge in [-0.2, -0.15) is 13.2 Å². The summed E-state index contributed by atoms with van der Waals surface area (Å²) in [6.07, 6.45) is -0.692. The summed E-state index contributed by atoms with van der Waals surface area (Å²) in [5, 5.41) is 3.27. The van der Waals surface area contributed by atoms with Gasteiger partial charge in [0.2, 0.25) is 0 Å². The highest BCUT2D eigenvalue weighted by atomic mass is 19.4. The first-order chi connectivity index (χ1) is 7.87. The largest absolute Gasteiger partial charge is 0.389 e. The molecule has 1 N–H and O–H groups in total. The summed E-state index contributed by atoms with van der Waals surface area (Å²) in [6.45, 7) is 2.68. The van der Waals surface area contributed by atoms with Gasteiger partial charge in [0, 0.05) is 26.1 Å². The summed E-state index contributed by atoms with van der Waals surface area (Å²) in [7, 11) is 1.70. The number of nitrogens with one attached hydrogen (secondary N) is 1. The highest BCUT2D eigenvalue weighted by molar-refractivity contribution is 4.91. The molecule has 0 saturated heterocycles. The van der Waals surface area contributed by atoms with Crippen molar-refractivity contribution in [3.63, 3.8) is 0 Å². The summed E-state index contributed by atoms with van der Waals surface area (Å²) in [5.41, 5.74) is -0.0573. The Bertz CT molecular complexity index is 221. The van der Waals surface area contributed by atoms with Crippen LogP contribution < -0.4 is 5.32 Å². The predicted octanol–water partition coefficient (Wildman–Crippen LogP) is 3.27. The van der Waals surface area contributed by atoms with Gasteiger partial charge in [-0.15, -0.1) is 0 Å². The van der Waals surface area contributed by atoms with Crippen molar-refractivity contribution >= 4 is 0 Å². The van der Waals surface area contributed by atoms with Crippen LogP contribution in [0.25, 0.3) is 0 Å². The molecule has 1 unspecified atom stereocenters. The van der Waals surface area contributed by atoms with Gasteiger partial charge in [0.15, 0.2) is 0 Å². The molecule has 0 spiro atoms. The maximum atomic E-state index is 12.0. The summed E-state index contributed by atoms with van der Waals surface area (Å²) >= 11 is 0. The molecule has 102 valence electrons. The Kier molecular flexibility index (Phi) is 5.25. The number of methoxy groups -OCH3 is 1. The van der Waals surface area contributed by atoms with Crippen LogP contribution in [0.3, 0.4) is 0 Å². The molecule has 1 saturated carbocycles. The first-order valence-electron chi connectivity index (χ1n) is 6.22. The van der Waals surface area contributed by atoms with Gasteiger partial charge in [0.1, 0.15) is 0 Å². The molecule has 1 aliphatic rings. The SMILES string of the molecule is COC1(CNC(C)CCCC(F)(F)F)CCC1. The zero-order chi connectivity index (χ0) is 12.9. The van der Waals surface area contributed by atoms with E-state index in [4.69, 9.17) is 4.74 Å². The normalized spacial score (nSPS) is 21.0.